The molecule has 6 heteroatoms. The minimum Gasteiger partial charge on any atom is -0.378 e. The molecule has 120 valence electrons. The fraction of sp³-hybridized carbons (Fsp3) is 0.562. The third-order valence-corrected chi connectivity index (χ3v) is 4.97. The minimum absolute atomic E-state index is 0.0752. The molecule has 1 amide bonds. The fourth-order valence-electron chi connectivity index (χ4n) is 3.22. The first-order chi connectivity index (χ1) is 10.6. The third-order valence-electron chi connectivity index (χ3n) is 4.49. The summed E-state index contributed by atoms with van der Waals surface area (Å²) in [4.78, 5) is 14.8. The van der Waals surface area contributed by atoms with Gasteiger partial charge < -0.3 is 10.1 Å². The van der Waals surface area contributed by atoms with E-state index in [2.05, 4.69) is 10.2 Å². The lowest BCUT2D eigenvalue weighted by Gasteiger charge is -2.28. The largest absolute Gasteiger partial charge is 0.378 e. The van der Waals surface area contributed by atoms with Crippen LogP contribution in [0.5, 0.6) is 0 Å². The second kappa shape index (κ2) is 6.52. The van der Waals surface area contributed by atoms with Crippen molar-refractivity contribution in [1.29, 1.82) is 0 Å². The molecule has 2 aliphatic heterocycles. The van der Waals surface area contributed by atoms with Crippen molar-refractivity contribution in [1.82, 2.24) is 10.2 Å². The van der Waals surface area contributed by atoms with Crippen molar-refractivity contribution >= 4 is 17.5 Å². The van der Waals surface area contributed by atoms with E-state index in [9.17, 15) is 9.18 Å². The van der Waals surface area contributed by atoms with Crippen LogP contribution >= 0.6 is 11.6 Å². The van der Waals surface area contributed by atoms with E-state index in [0.29, 0.717) is 18.8 Å². The number of rotatable bonds is 3. The van der Waals surface area contributed by atoms with E-state index in [1.807, 2.05) is 0 Å². The fourth-order valence-corrected chi connectivity index (χ4v) is 3.46. The summed E-state index contributed by atoms with van der Waals surface area (Å²) in [7, 11) is 0. The Bertz CT molecular complexity index is 576. The van der Waals surface area contributed by atoms with Gasteiger partial charge in [-0.15, -0.1) is 0 Å². The van der Waals surface area contributed by atoms with Crippen LogP contribution in [0.4, 0.5) is 4.39 Å². The van der Waals surface area contributed by atoms with Gasteiger partial charge in [0, 0.05) is 0 Å². The van der Waals surface area contributed by atoms with Crippen molar-refractivity contribution in [3.63, 3.8) is 0 Å². The van der Waals surface area contributed by atoms with Gasteiger partial charge in [0.05, 0.1) is 35.9 Å². The Balaban J connectivity index is 1.75. The molecule has 2 fully saturated rings. The first-order valence-corrected chi connectivity index (χ1v) is 8.03. The van der Waals surface area contributed by atoms with Crippen molar-refractivity contribution in [2.24, 2.45) is 0 Å². The maximum atomic E-state index is 14.0. The van der Waals surface area contributed by atoms with E-state index >= 15 is 0 Å². The molecule has 0 saturated carbocycles. The number of nitrogens with one attached hydrogen (secondary N) is 1. The quantitative estimate of drug-likeness (QED) is 0.927. The number of halogens is 2. The number of hydrogen-bond acceptors (Lipinski definition) is 3. The molecular formula is C16H20ClFN2O2. The van der Waals surface area contributed by atoms with Crippen molar-refractivity contribution in [3.05, 3.63) is 34.1 Å². The van der Waals surface area contributed by atoms with Gasteiger partial charge in [-0.25, -0.2) is 4.39 Å². The van der Waals surface area contributed by atoms with Crippen LogP contribution in [0, 0.1) is 12.7 Å². The Kier molecular flexibility index (Phi) is 4.66. The van der Waals surface area contributed by atoms with Crippen LogP contribution < -0.4 is 5.32 Å². The molecule has 22 heavy (non-hydrogen) atoms. The number of carbonyl (C=O) groups excluding carboxylic acids is 1. The Morgan fingerprint density at radius 1 is 1.36 bits per heavy atom. The maximum Gasteiger partial charge on any atom is 0.256 e. The van der Waals surface area contributed by atoms with Crippen molar-refractivity contribution < 1.29 is 13.9 Å². The first-order valence-electron chi connectivity index (χ1n) is 7.65. The van der Waals surface area contributed by atoms with Crippen molar-refractivity contribution in [2.75, 3.05) is 26.3 Å². The van der Waals surface area contributed by atoms with E-state index in [-0.39, 0.29) is 22.7 Å². The third kappa shape index (κ3) is 2.98. The first kappa shape index (κ1) is 15.7. The average molecular weight is 327 g/mol. The second-order valence-electron chi connectivity index (χ2n) is 5.98. The average Bonchev–Trinajstić information content (AvgIpc) is 3.14. The SMILES string of the molecule is Cc1ccc(F)c(C(=O)N[C@@H]2COC[C@H]2N2CCCC2)c1Cl. The molecule has 4 nitrogen and oxygen atoms in total. The normalized spacial score (nSPS) is 25.6. The van der Waals surface area contributed by atoms with Gasteiger partial charge in [-0.3, -0.25) is 9.69 Å². The minimum atomic E-state index is -0.593. The summed E-state index contributed by atoms with van der Waals surface area (Å²) in [5, 5.41) is 3.08. The van der Waals surface area contributed by atoms with Gasteiger partial charge in [0.2, 0.25) is 0 Å². The summed E-state index contributed by atoms with van der Waals surface area (Å²) in [6.45, 7) is 4.87. The predicted octanol–water partition coefficient (Wildman–Crippen LogP) is 2.38. The van der Waals surface area contributed by atoms with Crippen LogP contribution in [0.1, 0.15) is 28.8 Å². The Labute approximate surface area is 134 Å². The molecule has 0 unspecified atom stereocenters. The van der Waals surface area contributed by atoms with Crippen LogP contribution in [0.3, 0.4) is 0 Å². The zero-order valence-corrected chi connectivity index (χ0v) is 13.3. The number of nitrogens with zero attached hydrogens (tertiary/aromatic N) is 1. The van der Waals surface area contributed by atoms with Gasteiger partial charge in [-0.05, 0) is 44.5 Å². The van der Waals surface area contributed by atoms with E-state index in [1.54, 1.807) is 13.0 Å². The standard InChI is InChI=1S/C16H20ClFN2O2/c1-10-4-5-11(18)14(15(10)17)16(21)19-12-8-22-9-13(12)20-6-2-3-7-20/h4-5,12-13H,2-3,6-9H2,1H3,(H,19,21)/t12-,13-/m1/s1. The maximum absolute atomic E-state index is 14.0. The summed E-state index contributed by atoms with van der Waals surface area (Å²) in [5.41, 5.74) is 0.612. The smallest absolute Gasteiger partial charge is 0.256 e. The van der Waals surface area contributed by atoms with Crippen LogP contribution in [0.25, 0.3) is 0 Å². The van der Waals surface area contributed by atoms with Crippen LogP contribution in [-0.2, 0) is 4.74 Å². The van der Waals surface area contributed by atoms with E-state index < -0.39 is 11.7 Å². The number of aryl methyl sites for hydroxylation is 1. The zero-order valence-electron chi connectivity index (χ0n) is 12.6. The Hall–Kier alpha value is -1.17. The number of benzene rings is 1. The second-order valence-corrected chi connectivity index (χ2v) is 6.36. The number of amides is 1. The molecule has 3 rings (SSSR count). The summed E-state index contributed by atoms with van der Waals surface area (Å²) in [5.74, 6) is -1.06. The number of ether oxygens (including phenoxy) is 1. The van der Waals surface area contributed by atoms with Gasteiger partial charge in [0.1, 0.15) is 5.82 Å². The topological polar surface area (TPSA) is 41.6 Å². The molecule has 0 aliphatic carbocycles. The van der Waals surface area contributed by atoms with E-state index in [0.717, 1.165) is 13.1 Å². The molecule has 2 heterocycles. The van der Waals surface area contributed by atoms with E-state index in [1.165, 1.54) is 18.9 Å². The van der Waals surface area contributed by atoms with Crippen LogP contribution in [0.15, 0.2) is 12.1 Å². The lowest BCUT2D eigenvalue weighted by molar-refractivity contribution is 0.0912. The molecule has 2 atom stereocenters. The molecular weight excluding hydrogens is 307 g/mol. The highest BCUT2D eigenvalue weighted by Crippen LogP contribution is 2.24. The zero-order chi connectivity index (χ0) is 15.7. The van der Waals surface area contributed by atoms with Gasteiger partial charge in [0.25, 0.3) is 5.91 Å². The Morgan fingerprint density at radius 2 is 2.09 bits per heavy atom. The summed E-state index contributed by atoms with van der Waals surface area (Å²) >= 11 is 6.10. The highest BCUT2D eigenvalue weighted by molar-refractivity contribution is 6.34. The molecule has 1 aromatic carbocycles. The highest BCUT2D eigenvalue weighted by Gasteiger charge is 2.36. The lowest BCUT2D eigenvalue weighted by Crippen LogP contribution is -2.50. The number of hydrogen-bond donors (Lipinski definition) is 1. The van der Waals surface area contributed by atoms with Crippen LogP contribution in [0.2, 0.25) is 5.02 Å². The summed E-state index contributed by atoms with van der Waals surface area (Å²) in [6, 6.07) is 2.89. The molecule has 0 bridgehead atoms. The summed E-state index contributed by atoms with van der Waals surface area (Å²) in [6.07, 6.45) is 2.35. The van der Waals surface area contributed by atoms with Gasteiger partial charge in [0.15, 0.2) is 0 Å². The van der Waals surface area contributed by atoms with Crippen molar-refractivity contribution in [2.45, 2.75) is 31.8 Å². The predicted molar refractivity (Wildman–Crippen MR) is 82.8 cm³/mol. The molecule has 1 N–H and O–H groups in total. The molecule has 0 radical (unpaired) electrons. The van der Waals surface area contributed by atoms with Gasteiger partial charge in [-0.2, -0.15) is 0 Å². The Morgan fingerprint density at radius 3 is 2.82 bits per heavy atom. The van der Waals surface area contributed by atoms with E-state index in [4.69, 9.17) is 16.3 Å². The molecule has 0 spiro atoms. The van der Waals surface area contributed by atoms with Gasteiger partial charge >= 0.3 is 0 Å². The highest BCUT2D eigenvalue weighted by atomic mass is 35.5. The number of likely N-dealkylation sites (tertiary alicyclic amines) is 1. The van der Waals surface area contributed by atoms with Gasteiger partial charge in [-0.1, -0.05) is 17.7 Å². The lowest BCUT2D eigenvalue weighted by atomic mass is 10.1. The molecule has 0 aromatic heterocycles. The summed E-state index contributed by atoms with van der Waals surface area (Å²) < 4.78 is 19.5. The van der Waals surface area contributed by atoms with Crippen molar-refractivity contribution in [3.8, 4) is 0 Å². The number of carbonyl (C=O) groups is 1. The molecule has 2 saturated heterocycles. The van der Waals surface area contributed by atoms with Crippen LogP contribution in [-0.4, -0.2) is 49.2 Å². The molecule has 1 aromatic rings. The molecule has 2 aliphatic rings. The monoisotopic (exact) mass is 326 g/mol.